The van der Waals surface area contributed by atoms with Crippen molar-refractivity contribution in [3.63, 3.8) is 0 Å². The van der Waals surface area contributed by atoms with Crippen molar-refractivity contribution in [2.75, 3.05) is 19.6 Å². The average molecular weight is 327 g/mol. The molecule has 5 nitrogen and oxygen atoms in total. The molecule has 1 aliphatic heterocycles. The van der Waals surface area contributed by atoms with Crippen LogP contribution in [0, 0.1) is 32.8 Å². The number of unbranched alkanes of at least 4 members (excludes halogenated alkanes) is 3. The number of rotatable bonds is 7. The molecule has 0 amide bonds. The molecule has 1 heterocycles. The molecular formula is C19H25N3O2. The maximum Gasteiger partial charge on any atom is 0.269 e. The van der Waals surface area contributed by atoms with E-state index in [4.69, 9.17) is 0 Å². The predicted molar refractivity (Wildman–Crippen MR) is 92.6 cm³/mol. The van der Waals surface area contributed by atoms with Gasteiger partial charge in [-0.3, -0.25) is 10.1 Å². The van der Waals surface area contributed by atoms with Crippen molar-refractivity contribution in [1.29, 1.82) is 5.26 Å². The van der Waals surface area contributed by atoms with Gasteiger partial charge in [-0.15, -0.1) is 0 Å². The fourth-order valence-electron chi connectivity index (χ4n) is 4.74. The third-order valence-corrected chi connectivity index (χ3v) is 6.12. The normalized spacial score (nSPS) is 31.5. The number of benzene rings is 1. The zero-order chi connectivity index (χ0) is 17.4. The van der Waals surface area contributed by atoms with Crippen molar-refractivity contribution in [2.24, 2.45) is 11.3 Å². The van der Waals surface area contributed by atoms with E-state index in [1.54, 1.807) is 12.1 Å². The van der Waals surface area contributed by atoms with Crippen LogP contribution in [0.4, 0.5) is 5.69 Å². The quantitative estimate of drug-likeness (QED) is 0.433. The first kappa shape index (κ1) is 16.9. The number of fused-ring (bicyclic) bond motifs is 1. The van der Waals surface area contributed by atoms with Crippen LogP contribution < -0.4 is 0 Å². The summed E-state index contributed by atoms with van der Waals surface area (Å²) in [5.41, 5.74) is 0.255. The zero-order valence-electron chi connectivity index (χ0n) is 14.5. The lowest BCUT2D eigenvalue weighted by molar-refractivity contribution is -0.384. The molecule has 1 aliphatic carbocycles. The van der Waals surface area contributed by atoms with Crippen LogP contribution in [0.15, 0.2) is 24.3 Å². The van der Waals surface area contributed by atoms with Gasteiger partial charge in [-0.2, -0.15) is 5.26 Å². The minimum Gasteiger partial charge on any atom is -0.302 e. The van der Waals surface area contributed by atoms with E-state index in [-0.39, 0.29) is 21.9 Å². The molecule has 0 spiro atoms. The van der Waals surface area contributed by atoms with Crippen LogP contribution >= 0.6 is 0 Å². The van der Waals surface area contributed by atoms with Crippen molar-refractivity contribution in [3.05, 3.63) is 39.9 Å². The third kappa shape index (κ3) is 2.41. The number of nitro groups is 1. The summed E-state index contributed by atoms with van der Waals surface area (Å²) in [6, 6.07) is 9.20. The fourth-order valence-corrected chi connectivity index (χ4v) is 4.74. The maximum atomic E-state index is 11.1. The first-order valence-corrected chi connectivity index (χ1v) is 8.88. The van der Waals surface area contributed by atoms with Crippen LogP contribution in [0.1, 0.15) is 45.1 Å². The molecule has 1 unspecified atom stereocenters. The second kappa shape index (κ2) is 6.18. The van der Waals surface area contributed by atoms with Crippen LogP contribution in [0.25, 0.3) is 0 Å². The van der Waals surface area contributed by atoms with Gasteiger partial charge >= 0.3 is 0 Å². The monoisotopic (exact) mass is 327 g/mol. The summed E-state index contributed by atoms with van der Waals surface area (Å²) in [5, 5.41) is 21.0. The molecule has 1 aromatic carbocycles. The van der Waals surface area contributed by atoms with Gasteiger partial charge in [-0.05, 0) is 18.5 Å². The Bertz CT molecular complexity index is 683. The Balaban J connectivity index is 1.73. The summed E-state index contributed by atoms with van der Waals surface area (Å²) < 4.78 is 0. The number of nitrogens with zero attached hydrogens (tertiary/aromatic N) is 3. The number of hydrogen-bond acceptors (Lipinski definition) is 4. The van der Waals surface area contributed by atoms with Gasteiger partial charge in [0.05, 0.1) is 16.4 Å². The third-order valence-electron chi connectivity index (χ3n) is 6.12. The van der Waals surface area contributed by atoms with E-state index in [9.17, 15) is 15.4 Å². The van der Waals surface area contributed by atoms with Gasteiger partial charge in [-0.25, -0.2) is 0 Å². The molecule has 1 aromatic rings. The molecule has 2 fully saturated rings. The van der Waals surface area contributed by atoms with Crippen LogP contribution in [-0.4, -0.2) is 29.5 Å². The minimum atomic E-state index is -0.557. The van der Waals surface area contributed by atoms with Gasteiger partial charge < -0.3 is 4.90 Å². The molecule has 128 valence electrons. The summed E-state index contributed by atoms with van der Waals surface area (Å²) >= 11 is 0. The van der Waals surface area contributed by atoms with E-state index >= 15 is 0 Å². The first-order valence-electron chi connectivity index (χ1n) is 8.88. The van der Waals surface area contributed by atoms with E-state index in [0.717, 1.165) is 25.2 Å². The molecular weight excluding hydrogens is 302 g/mol. The molecule has 2 aliphatic rings. The smallest absolute Gasteiger partial charge is 0.269 e. The number of hydrogen-bond donors (Lipinski definition) is 0. The molecule has 24 heavy (non-hydrogen) atoms. The van der Waals surface area contributed by atoms with Crippen molar-refractivity contribution in [1.82, 2.24) is 4.90 Å². The van der Waals surface area contributed by atoms with Gasteiger partial charge in [0, 0.05) is 36.6 Å². The summed E-state index contributed by atoms with van der Waals surface area (Å²) in [6.07, 6.45) is 5.00. The van der Waals surface area contributed by atoms with E-state index in [1.165, 1.54) is 31.7 Å². The standard InChI is InChI=1S/C19H25N3O2/c1-3-4-5-6-10-21-12-17-18(2,14-21)19(17,13-20)15-8-7-9-16(11-15)22(23)24/h7-9,11,17H,3-6,10,12,14H2,1-2H3/t17?,18-,19-/m0/s1. The highest BCUT2D eigenvalue weighted by Crippen LogP contribution is 2.72. The fraction of sp³-hybridized carbons (Fsp3) is 0.632. The lowest BCUT2D eigenvalue weighted by Crippen LogP contribution is -2.33. The second-order valence-corrected chi connectivity index (χ2v) is 7.49. The predicted octanol–water partition coefficient (Wildman–Crippen LogP) is 3.89. The second-order valence-electron chi connectivity index (χ2n) is 7.49. The van der Waals surface area contributed by atoms with Gasteiger partial charge in [0.1, 0.15) is 0 Å². The largest absolute Gasteiger partial charge is 0.302 e. The Morgan fingerprint density at radius 3 is 2.79 bits per heavy atom. The van der Waals surface area contributed by atoms with Crippen molar-refractivity contribution < 1.29 is 4.92 Å². The maximum absolute atomic E-state index is 11.1. The van der Waals surface area contributed by atoms with Gasteiger partial charge in [-0.1, -0.05) is 45.2 Å². The summed E-state index contributed by atoms with van der Waals surface area (Å²) in [5.74, 6) is 0.281. The van der Waals surface area contributed by atoms with Crippen LogP contribution in [0.5, 0.6) is 0 Å². The van der Waals surface area contributed by atoms with Gasteiger partial charge in [0.15, 0.2) is 0 Å². The molecule has 0 N–H and O–H groups in total. The topological polar surface area (TPSA) is 70.2 Å². The summed E-state index contributed by atoms with van der Waals surface area (Å²) in [7, 11) is 0. The SMILES string of the molecule is CCCCCCN1CC2[C@](C)(C1)[C@@]2(C#N)c1cccc([N+](=O)[O-])c1. The number of likely N-dealkylation sites (tertiary alicyclic amines) is 1. The van der Waals surface area contributed by atoms with E-state index in [1.807, 2.05) is 6.07 Å². The Hall–Kier alpha value is -1.93. The lowest BCUT2D eigenvalue weighted by Gasteiger charge is -2.25. The van der Waals surface area contributed by atoms with Crippen molar-refractivity contribution in [3.8, 4) is 6.07 Å². The first-order chi connectivity index (χ1) is 11.5. The van der Waals surface area contributed by atoms with Crippen LogP contribution in [0.3, 0.4) is 0 Å². The van der Waals surface area contributed by atoms with Crippen LogP contribution in [0.2, 0.25) is 0 Å². The number of nitriles is 1. The number of non-ortho nitro benzene ring substituents is 1. The highest BCUT2D eigenvalue weighted by atomic mass is 16.6. The Morgan fingerprint density at radius 1 is 1.42 bits per heavy atom. The van der Waals surface area contributed by atoms with Gasteiger partial charge in [0.25, 0.3) is 5.69 Å². The average Bonchev–Trinajstić information content (AvgIpc) is 2.88. The Labute approximate surface area is 143 Å². The highest BCUT2D eigenvalue weighted by Gasteiger charge is 2.78. The number of nitro benzene ring substituents is 1. The molecule has 3 rings (SSSR count). The van der Waals surface area contributed by atoms with E-state index in [2.05, 4.69) is 24.8 Å². The van der Waals surface area contributed by atoms with E-state index < -0.39 is 5.41 Å². The van der Waals surface area contributed by atoms with Crippen molar-refractivity contribution in [2.45, 2.75) is 44.9 Å². The van der Waals surface area contributed by atoms with Gasteiger partial charge in [0.2, 0.25) is 0 Å². The highest BCUT2D eigenvalue weighted by molar-refractivity contribution is 5.53. The molecule has 5 heteroatoms. The molecule has 1 saturated carbocycles. The molecule has 3 atom stereocenters. The summed E-state index contributed by atoms with van der Waals surface area (Å²) in [6.45, 7) is 7.33. The van der Waals surface area contributed by atoms with Crippen LogP contribution in [-0.2, 0) is 5.41 Å². The summed E-state index contributed by atoms with van der Waals surface area (Å²) in [4.78, 5) is 13.1. The van der Waals surface area contributed by atoms with E-state index in [0.29, 0.717) is 0 Å². The van der Waals surface area contributed by atoms with Crippen molar-refractivity contribution >= 4 is 5.69 Å². The number of piperidine rings is 1. The Morgan fingerprint density at radius 2 is 2.21 bits per heavy atom. The Kier molecular flexibility index (Phi) is 4.35. The molecule has 0 bridgehead atoms. The minimum absolute atomic E-state index is 0.0760. The zero-order valence-corrected chi connectivity index (χ0v) is 14.5. The molecule has 0 radical (unpaired) electrons. The lowest BCUT2D eigenvalue weighted by atomic mass is 9.86. The molecule has 0 aromatic heterocycles. The molecule has 1 saturated heterocycles.